The number of aromatic nitrogens is 2. The number of nitrogens with zero attached hydrogens (tertiary/aromatic N) is 2. The van der Waals surface area contributed by atoms with Crippen molar-refractivity contribution in [3.63, 3.8) is 0 Å². The van der Waals surface area contributed by atoms with Crippen LogP contribution in [0.4, 0.5) is 0 Å². The Hall–Kier alpha value is -2.37. The van der Waals surface area contributed by atoms with Gasteiger partial charge in [-0.2, -0.15) is 0 Å². The summed E-state index contributed by atoms with van der Waals surface area (Å²) in [6, 6.07) is 7.11. The van der Waals surface area contributed by atoms with Gasteiger partial charge in [0.1, 0.15) is 5.75 Å². The Bertz CT molecular complexity index is 508. The van der Waals surface area contributed by atoms with Crippen molar-refractivity contribution >= 4 is 5.91 Å². The van der Waals surface area contributed by atoms with Gasteiger partial charge in [0.2, 0.25) is 12.3 Å². The molecule has 0 fully saturated rings. The van der Waals surface area contributed by atoms with E-state index in [0.717, 1.165) is 12.0 Å². The van der Waals surface area contributed by atoms with E-state index in [1.807, 2.05) is 6.92 Å². The van der Waals surface area contributed by atoms with Crippen molar-refractivity contribution in [2.75, 3.05) is 13.2 Å². The van der Waals surface area contributed by atoms with Crippen LogP contribution in [0.1, 0.15) is 13.3 Å². The monoisotopic (exact) mass is 261 g/mol. The summed E-state index contributed by atoms with van der Waals surface area (Å²) >= 11 is 0. The molecule has 1 aromatic carbocycles. The third-order valence-electron chi connectivity index (χ3n) is 2.40. The van der Waals surface area contributed by atoms with Crippen molar-refractivity contribution in [2.24, 2.45) is 0 Å². The highest BCUT2D eigenvalue weighted by molar-refractivity contribution is 5.77. The standard InChI is InChI=1S/C13H15N3O3/c1-2-7-14-12(17)8-18-11-5-3-10(4-6-11)13-16-15-9-19-13/h3-6,9H,2,7-8H2,1H3,(H,14,17). The van der Waals surface area contributed by atoms with Crippen molar-refractivity contribution in [3.8, 4) is 17.2 Å². The number of nitrogens with one attached hydrogen (secondary N) is 1. The first-order valence-corrected chi connectivity index (χ1v) is 6.05. The number of benzene rings is 1. The molecule has 0 saturated heterocycles. The summed E-state index contributed by atoms with van der Waals surface area (Å²) in [5.41, 5.74) is 0.806. The van der Waals surface area contributed by atoms with Crippen molar-refractivity contribution in [2.45, 2.75) is 13.3 Å². The van der Waals surface area contributed by atoms with Gasteiger partial charge in [-0.15, -0.1) is 10.2 Å². The van der Waals surface area contributed by atoms with Gasteiger partial charge in [0.05, 0.1) is 0 Å². The van der Waals surface area contributed by atoms with Crippen LogP contribution in [0.25, 0.3) is 11.5 Å². The molecule has 0 aliphatic heterocycles. The van der Waals surface area contributed by atoms with Crippen LogP contribution < -0.4 is 10.1 Å². The number of amides is 1. The van der Waals surface area contributed by atoms with Crippen LogP contribution in [-0.4, -0.2) is 29.3 Å². The summed E-state index contributed by atoms with van der Waals surface area (Å²) in [5.74, 6) is 0.949. The topological polar surface area (TPSA) is 77.2 Å². The molecule has 6 nitrogen and oxygen atoms in total. The van der Waals surface area contributed by atoms with E-state index in [1.165, 1.54) is 6.39 Å². The van der Waals surface area contributed by atoms with E-state index >= 15 is 0 Å². The molecule has 0 bridgehead atoms. The van der Waals surface area contributed by atoms with Crippen LogP contribution in [0.15, 0.2) is 35.1 Å². The Kier molecular flexibility index (Phi) is 4.49. The van der Waals surface area contributed by atoms with Gasteiger partial charge < -0.3 is 14.5 Å². The fourth-order valence-electron chi connectivity index (χ4n) is 1.46. The van der Waals surface area contributed by atoms with Gasteiger partial charge in [0.25, 0.3) is 5.91 Å². The number of hydrogen-bond donors (Lipinski definition) is 1. The minimum atomic E-state index is -0.122. The van der Waals surface area contributed by atoms with Crippen molar-refractivity contribution in [3.05, 3.63) is 30.7 Å². The van der Waals surface area contributed by atoms with Gasteiger partial charge in [-0.3, -0.25) is 4.79 Å². The van der Waals surface area contributed by atoms with Gasteiger partial charge in [-0.25, -0.2) is 0 Å². The van der Waals surface area contributed by atoms with Gasteiger partial charge in [-0.1, -0.05) is 6.92 Å². The molecule has 6 heteroatoms. The quantitative estimate of drug-likeness (QED) is 0.855. The first-order valence-electron chi connectivity index (χ1n) is 6.05. The Morgan fingerprint density at radius 3 is 2.79 bits per heavy atom. The van der Waals surface area contributed by atoms with Gasteiger partial charge in [-0.05, 0) is 30.7 Å². The lowest BCUT2D eigenvalue weighted by molar-refractivity contribution is -0.123. The molecule has 0 unspecified atom stereocenters. The van der Waals surface area contributed by atoms with Crippen molar-refractivity contribution < 1.29 is 13.9 Å². The van der Waals surface area contributed by atoms with Crippen molar-refractivity contribution in [1.82, 2.24) is 15.5 Å². The fraction of sp³-hybridized carbons (Fsp3) is 0.308. The molecule has 0 spiro atoms. The number of carbonyl (C=O) groups is 1. The lowest BCUT2D eigenvalue weighted by atomic mass is 10.2. The summed E-state index contributed by atoms with van der Waals surface area (Å²) < 4.78 is 10.4. The molecule has 2 rings (SSSR count). The third kappa shape index (κ3) is 3.80. The molecule has 2 aromatic rings. The second-order valence-electron chi connectivity index (χ2n) is 3.91. The lowest BCUT2D eigenvalue weighted by Crippen LogP contribution is -2.29. The molecule has 0 atom stereocenters. The molecule has 1 amide bonds. The molecule has 19 heavy (non-hydrogen) atoms. The molecule has 1 N–H and O–H groups in total. The van der Waals surface area contributed by atoms with Gasteiger partial charge >= 0.3 is 0 Å². The maximum absolute atomic E-state index is 11.4. The summed E-state index contributed by atoms with van der Waals surface area (Å²) in [6.07, 6.45) is 2.18. The van der Waals surface area contributed by atoms with E-state index in [2.05, 4.69) is 15.5 Å². The van der Waals surface area contributed by atoms with E-state index in [4.69, 9.17) is 9.15 Å². The normalized spacial score (nSPS) is 10.2. The lowest BCUT2D eigenvalue weighted by Gasteiger charge is -2.06. The Labute approximate surface area is 110 Å². The van der Waals surface area contributed by atoms with E-state index in [-0.39, 0.29) is 12.5 Å². The van der Waals surface area contributed by atoms with Crippen LogP contribution in [0, 0.1) is 0 Å². The molecule has 1 aromatic heterocycles. The second kappa shape index (κ2) is 6.53. The zero-order valence-corrected chi connectivity index (χ0v) is 10.6. The van der Waals surface area contributed by atoms with Gasteiger partial charge in [0, 0.05) is 12.1 Å². The maximum atomic E-state index is 11.4. The zero-order chi connectivity index (χ0) is 13.5. The number of ether oxygens (including phenoxy) is 1. The minimum Gasteiger partial charge on any atom is -0.484 e. The van der Waals surface area contributed by atoms with Crippen LogP contribution >= 0.6 is 0 Å². The molecule has 1 heterocycles. The predicted molar refractivity (Wildman–Crippen MR) is 68.5 cm³/mol. The van der Waals surface area contributed by atoms with Crippen LogP contribution in [0.5, 0.6) is 5.75 Å². The minimum absolute atomic E-state index is 0.0138. The van der Waals surface area contributed by atoms with E-state index in [9.17, 15) is 4.79 Å². The summed E-state index contributed by atoms with van der Waals surface area (Å²) in [5, 5.41) is 10.1. The highest BCUT2D eigenvalue weighted by atomic mass is 16.5. The van der Waals surface area contributed by atoms with E-state index in [0.29, 0.717) is 18.2 Å². The number of hydrogen-bond acceptors (Lipinski definition) is 5. The van der Waals surface area contributed by atoms with E-state index < -0.39 is 0 Å². The Morgan fingerprint density at radius 1 is 1.37 bits per heavy atom. The zero-order valence-electron chi connectivity index (χ0n) is 10.6. The van der Waals surface area contributed by atoms with Crippen LogP contribution in [0.2, 0.25) is 0 Å². The Balaban J connectivity index is 1.87. The predicted octanol–water partition coefficient (Wildman–Crippen LogP) is 1.64. The van der Waals surface area contributed by atoms with E-state index in [1.54, 1.807) is 24.3 Å². The average Bonchev–Trinajstić information content (AvgIpc) is 2.97. The molecule has 0 radical (unpaired) electrons. The summed E-state index contributed by atoms with van der Waals surface area (Å²) in [7, 11) is 0. The van der Waals surface area contributed by atoms with Crippen molar-refractivity contribution in [1.29, 1.82) is 0 Å². The third-order valence-corrected chi connectivity index (χ3v) is 2.40. The average molecular weight is 261 g/mol. The first kappa shape index (κ1) is 13.1. The van der Waals surface area contributed by atoms with Gasteiger partial charge in [0.15, 0.2) is 6.61 Å². The summed E-state index contributed by atoms with van der Waals surface area (Å²) in [6.45, 7) is 2.68. The number of carbonyl (C=O) groups excluding carboxylic acids is 1. The largest absolute Gasteiger partial charge is 0.484 e. The molecule has 100 valence electrons. The second-order valence-corrected chi connectivity index (χ2v) is 3.91. The smallest absolute Gasteiger partial charge is 0.257 e. The van der Waals surface area contributed by atoms with Crippen LogP contribution in [0.3, 0.4) is 0 Å². The molecular weight excluding hydrogens is 246 g/mol. The summed E-state index contributed by atoms with van der Waals surface area (Å²) in [4.78, 5) is 11.4. The Morgan fingerprint density at radius 2 is 2.16 bits per heavy atom. The molecule has 0 aliphatic carbocycles. The fourth-order valence-corrected chi connectivity index (χ4v) is 1.46. The SMILES string of the molecule is CCCNC(=O)COc1ccc(-c2nnco2)cc1. The molecule has 0 aliphatic rings. The van der Waals surface area contributed by atoms with Crippen LogP contribution in [-0.2, 0) is 4.79 Å². The first-order chi connectivity index (χ1) is 9.29. The highest BCUT2D eigenvalue weighted by Crippen LogP contribution is 2.19. The number of rotatable bonds is 6. The molecule has 0 saturated carbocycles. The maximum Gasteiger partial charge on any atom is 0.257 e. The molecular formula is C13H15N3O3. The highest BCUT2D eigenvalue weighted by Gasteiger charge is 2.05.